The largest absolute Gasteiger partial charge is 0.467 e. The monoisotopic (exact) mass is 259 g/mol. The Bertz CT molecular complexity index is 279. The van der Waals surface area contributed by atoms with Gasteiger partial charge in [-0.3, -0.25) is 4.90 Å². The van der Waals surface area contributed by atoms with Gasteiger partial charge in [0, 0.05) is 26.2 Å². The summed E-state index contributed by atoms with van der Waals surface area (Å²) in [6.07, 6.45) is 0. The number of rotatable bonds is 5. The number of nitrogens with one attached hydrogen (secondary N) is 2. The fourth-order valence-electron chi connectivity index (χ4n) is 1.64. The lowest BCUT2D eigenvalue weighted by molar-refractivity contribution is -0.142. The van der Waals surface area contributed by atoms with Crippen molar-refractivity contribution in [3.05, 3.63) is 0 Å². The molecule has 7 nitrogen and oxygen atoms in total. The van der Waals surface area contributed by atoms with Gasteiger partial charge in [-0.05, 0) is 6.92 Å². The third-order valence-electron chi connectivity index (χ3n) is 2.72. The number of hydrogen-bond acceptors (Lipinski definition) is 5. The summed E-state index contributed by atoms with van der Waals surface area (Å²) < 4.78 is 9.73. The first-order chi connectivity index (χ1) is 8.63. The van der Waals surface area contributed by atoms with Gasteiger partial charge in [0.05, 0.1) is 20.3 Å². The Morgan fingerprint density at radius 2 is 2.06 bits per heavy atom. The number of amides is 2. The van der Waals surface area contributed by atoms with Crippen molar-refractivity contribution in [2.45, 2.75) is 13.0 Å². The van der Waals surface area contributed by atoms with E-state index in [1.807, 2.05) is 0 Å². The number of nitrogens with zero attached hydrogens (tertiary/aromatic N) is 1. The topological polar surface area (TPSA) is 79.9 Å². The Labute approximate surface area is 107 Å². The van der Waals surface area contributed by atoms with Crippen molar-refractivity contribution in [3.63, 3.8) is 0 Å². The van der Waals surface area contributed by atoms with E-state index in [1.54, 1.807) is 6.92 Å². The highest BCUT2D eigenvalue weighted by molar-refractivity contribution is 5.83. The van der Waals surface area contributed by atoms with Crippen molar-refractivity contribution < 1.29 is 19.1 Å². The molecule has 2 N–H and O–H groups in total. The van der Waals surface area contributed by atoms with E-state index < -0.39 is 12.0 Å². The van der Waals surface area contributed by atoms with Gasteiger partial charge in [-0.1, -0.05) is 0 Å². The van der Waals surface area contributed by atoms with Gasteiger partial charge in [-0.15, -0.1) is 0 Å². The predicted molar refractivity (Wildman–Crippen MR) is 65.3 cm³/mol. The second-order valence-corrected chi connectivity index (χ2v) is 4.10. The molecule has 1 fully saturated rings. The zero-order valence-corrected chi connectivity index (χ0v) is 10.9. The maximum Gasteiger partial charge on any atom is 0.328 e. The lowest BCUT2D eigenvalue weighted by atomic mass is 10.3. The van der Waals surface area contributed by atoms with E-state index in [0.29, 0.717) is 6.54 Å². The number of hydrogen-bond donors (Lipinski definition) is 2. The van der Waals surface area contributed by atoms with Crippen molar-refractivity contribution in [1.82, 2.24) is 15.5 Å². The molecule has 1 aliphatic rings. The molecular weight excluding hydrogens is 238 g/mol. The van der Waals surface area contributed by atoms with E-state index >= 15 is 0 Å². The van der Waals surface area contributed by atoms with Gasteiger partial charge in [0.15, 0.2) is 0 Å². The smallest absolute Gasteiger partial charge is 0.328 e. The van der Waals surface area contributed by atoms with Gasteiger partial charge in [0.2, 0.25) is 0 Å². The zero-order valence-electron chi connectivity index (χ0n) is 10.9. The van der Waals surface area contributed by atoms with Gasteiger partial charge in [0.25, 0.3) is 0 Å². The Hall–Kier alpha value is -1.34. The van der Waals surface area contributed by atoms with Gasteiger partial charge in [0.1, 0.15) is 6.04 Å². The summed E-state index contributed by atoms with van der Waals surface area (Å²) in [6, 6.07) is -1.00. The van der Waals surface area contributed by atoms with Crippen LogP contribution in [0.4, 0.5) is 4.79 Å². The summed E-state index contributed by atoms with van der Waals surface area (Å²) in [5, 5.41) is 5.20. The van der Waals surface area contributed by atoms with Crippen LogP contribution in [0, 0.1) is 0 Å². The summed E-state index contributed by atoms with van der Waals surface area (Å²) in [7, 11) is 1.29. The molecule has 1 heterocycles. The van der Waals surface area contributed by atoms with E-state index in [4.69, 9.17) is 4.74 Å². The number of carbonyl (C=O) groups excluding carboxylic acids is 2. The predicted octanol–water partition coefficient (Wildman–Crippen LogP) is -0.821. The van der Waals surface area contributed by atoms with Crippen LogP contribution in [-0.2, 0) is 14.3 Å². The molecule has 0 aromatic rings. The molecule has 1 atom stereocenters. The average Bonchev–Trinajstić information content (AvgIpc) is 2.38. The molecule has 0 unspecified atom stereocenters. The van der Waals surface area contributed by atoms with E-state index in [0.717, 1.165) is 32.8 Å². The molecule has 1 saturated heterocycles. The highest BCUT2D eigenvalue weighted by Crippen LogP contribution is 1.94. The molecule has 0 radical (unpaired) electrons. The third kappa shape index (κ3) is 5.33. The number of carbonyl (C=O) groups is 2. The summed E-state index contributed by atoms with van der Waals surface area (Å²) in [4.78, 5) is 24.7. The molecule has 7 heteroatoms. The van der Waals surface area contributed by atoms with Crippen LogP contribution in [-0.4, -0.2) is 69.4 Å². The van der Waals surface area contributed by atoms with Gasteiger partial charge < -0.3 is 20.1 Å². The van der Waals surface area contributed by atoms with E-state index in [-0.39, 0.29) is 6.03 Å². The standard InChI is InChI=1S/C11H21N3O4/c1-9(10(15)17-2)13-11(16)12-3-4-14-5-7-18-8-6-14/h9H,3-8H2,1-2H3,(H2,12,13,16)/t9-/m0/s1. The third-order valence-corrected chi connectivity index (χ3v) is 2.72. The molecule has 104 valence electrons. The van der Waals surface area contributed by atoms with Gasteiger partial charge in [-0.2, -0.15) is 0 Å². The molecule has 2 amide bonds. The second kappa shape index (κ2) is 7.88. The number of morpholine rings is 1. The highest BCUT2D eigenvalue weighted by Gasteiger charge is 2.15. The number of urea groups is 1. The van der Waals surface area contributed by atoms with Crippen molar-refractivity contribution >= 4 is 12.0 Å². The molecule has 1 rings (SSSR count). The Kier molecular flexibility index (Phi) is 6.45. The van der Waals surface area contributed by atoms with Crippen LogP contribution in [0.1, 0.15) is 6.92 Å². The van der Waals surface area contributed by atoms with Crippen LogP contribution in [0.15, 0.2) is 0 Å². The van der Waals surface area contributed by atoms with Crippen molar-refractivity contribution in [1.29, 1.82) is 0 Å². The van der Waals surface area contributed by atoms with Crippen molar-refractivity contribution in [3.8, 4) is 0 Å². The van der Waals surface area contributed by atoms with Gasteiger partial charge in [-0.25, -0.2) is 9.59 Å². The maximum atomic E-state index is 11.4. The first-order valence-corrected chi connectivity index (χ1v) is 6.05. The molecule has 0 saturated carbocycles. The van der Waals surface area contributed by atoms with Crippen molar-refractivity contribution in [2.24, 2.45) is 0 Å². The summed E-state index contributed by atoms with van der Waals surface area (Å²) >= 11 is 0. The molecule has 0 spiro atoms. The highest BCUT2D eigenvalue weighted by atomic mass is 16.5. The molecule has 0 bridgehead atoms. The van der Waals surface area contributed by atoms with Crippen LogP contribution >= 0.6 is 0 Å². The molecule has 0 aliphatic carbocycles. The first kappa shape index (κ1) is 14.7. The maximum absolute atomic E-state index is 11.4. The van der Waals surface area contributed by atoms with E-state index in [9.17, 15) is 9.59 Å². The number of methoxy groups -OCH3 is 1. The minimum Gasteiger partial charge on any atom is -0.467 e. The van der Waals surface area contributed by atoms with E-state index in [2.05, 4.69) is 20.3 Å². The lowest BCUT2D eigenvalue weighted by Gasteiger charge is -2.26. The normalized spacial score (nSPS) is 17.9. The fraction of sp³-hybridized carbons (Fsp3) is 0.818. The summed E-state index contributed by atoms with van der Waals surface area (Å²) in [5.74, 6) is -0.460. The minimum absolute atomic E-state index is 0.360. The van der Waals surface area contributed by atoms with Crippen LogP contribution < -0.4 is 10.6 Å². The fourth-order valence-corrected chi connectivity index (χ4v) is 1.64. The Morgan fingerprint density at radius 1 is 1.39 bits per heavy atom. The second-order valence-electron chi connectivity index (χ2n) is 4.10. The lowest BCUT2D eigenvalue weighted by Crippen LogP contribution is -2.47. The van der Waals surface area contributed by atoms with Crippen molar-refractivity contribution in [2.75, 3.05) is 46.5 Å². The van der Waals surface area contributed by atoms with Gasteiger partial charge >= 0.3 is 12.0 Å². The quantitative estimate of drug-likeness (QED) is 0.631. The Balaban J connectivity index is 2.11. The first-order valence-electron chi connectivity index (χ1n) is 6.05. The molecular formula is C11H21N3O4. The van der Waals surface area contributed by atoms with Crippen LogP contribution in [0.2, 0.25) is 0 Å². The number of ether oxygens (including phenoxy) is 2. The average molecular weight is 259 g/mol. The molecule has 0 aromatic carbocycles. The molecule has 18 heavy (non-hydrogen) atoms. The summed E-state index contributed by atoms with van der Waals surface area (Å²) in [5.41, 5.74) is 0. The van der Waals surface area contributed by atoms with E-state index in [1.165, 1.54) is 7.11 Å². The molecule has 0 aromatic heterocycles. The van der Waals surface area contributed by atoms with Crippen LogP contribution in [0.25, 0.3) is 0 Å². The Morgan fingerprint density at radius 3 is 2.67 bits per heavy atom. The SMILES string of the molecule is COC(=O)[C@H](C)NC(=O)NCCN1CCOCC1. The number of esters is 1. The van der Waals surface area contributed by atoms with Crippen LogP contribution in [0.3, 0.4) is 0 Å². The summed E-state index contributed by atoms with van der Waals surface area (Å²) in [6.45, 7) is 6.16. The minimum atomic E-state index is -0.640. The van der Waals surface area contributed by atoms with Crippen LogP contribution in [0.5, 0.6) is 0 Å². The molecule has 1 aliphatic heterocycles. The zero-order chi connectivity index (χ0) is 13.4.